The standard InChI is InChI=1S/C15H14F7N/c16-13(14(17,18)19,15(20,21)22)9-4-5-11-10-3-1-2-8(10)7-23-12(11)6-9/h4-6,8,10,23H,1-3,7H2/t8?,10-/m1/s1. The van der Waals surface area contributed by atoms with Gasteiger partial charge in [-0.05, 0) is 36.3 Å². The summed E-state index contributed by atoms with van der Waals surface area (Å²) in [5, 5.41) is 2.85. The number of hydrogen-bond acceptors (Lipinski definition) is 1. The summed E-state index contributed by atoms with van der Waals surface area (Å²) in [6.45, 7) is 0.485. The molecule has 1 heterocycles. The van der Waals surface area contributed by atoms with E-state index in [-0.39, 0.29) is 11.6 Å². The summed E-state index contributed by atoms with van der Waals surface area (Å²) in [5.41, 5.74) is -5.96. The number of rotatable bonds is 1. The Morgan fingerprint density at radius 2 is 1.57 bits per heavy atom. The van der Waals surface area contributed by atoms with Crippen LogP contribution in [0, 0.1) is 5.92 Å². The van der Waals surface area contributed by atoms with E-state index in [1.165, 1.54) is 6.07 Å². The molecule has 1 N–H and O–H groups in total. The molecule has 0 radical (unpaired) electrons. The maximum atomic E-state index is 14.1. The van der Waals surface area contributed by atoms with Gasteiger partial charge in [0.15, 0.2) is 0 Å². The summed E-state index contributed by atoms with van der Waals surface area (Å²) in [7, 11) is 0. The monoisotopic (exact) mass is 341 g/mol. The fraction of sp³-hybridized carbons (Fsp3) is 0.600. The van der Waals surface area contributed by atoms with Crippen molar-refractivity contribution in [2.45, 2.75) is 43.2 Å². The van der Waals surface area contributed by atoms with Crippen LogP contribution < -0.4 is 5.32 Å². The predicted molar refractivity (Wildman–Crippen MR) is 69.9 cm³/mol. The molecule has 1 aromatic rings. The van der Waals surface area contributed by atoms with Crippen LogP contribution in [0.15, 0.2) is 18.2 Å². The van der Waals surface area contributed by atoms with E-state index in [2.05, 4.69) is 5.32 Å². The Morgan fingerprint density at radius 1 is 0.913 bits per heavy atom. The Morgan fingerprint density at radius 3 is 2.17 bits per heavy atom. The third-order valence-electron chi connectivity index (χ3n) is 4.85. The largest absolute Gasteiger partial charge is 0.435 e. The van der Waals surface area contributed by atoms with E-state index in [9.17, 15) is 30.7 Å². The van der Waals surface area contributed by atoms with Crippen LogP contribution in [0.1, 0.15) is 36.3 Å². The lowest BCUT2D eigenvalue weighted by molar-refractivity contribution is -0.348. The Labute approximate surface area is 127 Å². The first-order chi connectivity index (χ1) is 10.6. The van der Waals surface area contributed by atoms with Gasteiger partial charge in [-0.25, -0.2) is 4.39 Å². The third kappa shape index (κ3) is 2.37. The molecule has 0 saturated heterocycles. The maximum absolute atomic E-state index is 14.1. The molecule has 1 aromatic carbocycles. The van der Waals surface area contributed by atoms with Gasteiger partial charge in [-0.15, -0.1) is 0 Å². The van der Waals surface area contributed by atoms with E-state index in [1.807, 2.05) is 0 Å². The van der Waals surface area contributed by atoms with Gasteiger partial charge >= 0.3 is 18.0 Å². The quantitative estimate of drug-likeness (QED) is 0.685. The van der Waals surface area contributed by atoms with Crippen molar-refractivity contribution in [3.05, 3.63) is 29.3 Å². The van der Waals surface area contributed by atoms with Crippen LogP contribution >= 0.6 is 0 Å². The number of alkyl halides is 7. The third-order valence-corrected chi connectivity index (χ3v) is 4.85. The van der Waals surface area contributed by atoms with E-state index in [0.717, 1.165) is 19.3 Å². The van der Waals surface area contributed by atoms with Gasteiger partial charge in [0.25, 0.3) is 0 Å². The smallest absolute Gasteiger partial charge is 0.385 e. The second-order valence-electron chi connectivity index (χ2n) is 6.13. The summed E-state index contributed by atoms with van der Waals surface area (Å²) in [6.07, 6.45) is -9.38. The van der Waals surface area contributed by atoms with Crippen LogP contribution in [0.25, 0.3) is 0 Å². The molecule has 1 saturated carbocycles. The average Bonchev–Trinajstić information content (AvgIpc) is 2.92. The highest BCUT2D eigenvalue weighted by Gasteiger charge is 2.73. The first-order valence-electron chi connectivity index (χ1n) is 7.26. The van der Waals surface area contributed by atoms with Gasteiger partial charge in [-0.2, -0.15) is 26.3 Å². The summed E-state index contributed by atoms with van der Waals surface area (Å²) in [5.74, 6) is 0.444. The summed E-state index contributed by atoms with van der Waals surface area (Å²) >= 11 is 0. The molecule has 1 nitrogen and oxygen atoms in total. The molecular formula is C15H14F7N. The van der Waals surface area contributed by atoms with E-state index in [0.29, 0.717) is 30.2 Å². The van der Waals surface area contributed by atoms with Gasteiger partial charge in [0.2, 0.25) is 0 Å². The highest BCUT2D eigenvalue weighted by Crippen LogP contribution is 2.54. The molecule has 2 aliphatic rings. The summed E-state index contributed by atoms with van der Waals surface area (Å²) in [6, 6.07) is 2.47. The first-order valence-corrected chi connectivity index (χ1v) is 7.26. The van der Waals surface area contributed by atoms with Crippen LogP contribution in [0.4, 0.5) is 36.4 Å². The fourth-order valence-corrected chi connectivity index (χ4v) is 3.67. The molecule has 0 aromatic heterocycles. The lowest BCUT2D eigenvalue weighted by atomic mass is 9.82. The van der Waals surface area contributed by atoms with Gasteiger partial charge in [-0.3, -0.25) is 0 Å². The fourth-order valence-electron chi connectivity index (χ4n) is 3.67. The maximum Gasteiger partial charge on any atom is 0.435 e. The minimum Gasteiger partial charge on any atom is -0.385 e. The van der Waals surface area contributed by atoms with Crippen molar-refractivity contribution >= 4 is 5.69 Å². The first kappa shape index (κ1) is 16.4. The Bertz CT molecular complexity index is 591. The lowest BCUT2D eigenvalue weighted by Crippen LogP contribution is -2.50. The normalized spacial score (nSPS) is 24.8. The van der Waals surface area contributed by atoms with Crippen LogP contribution in [0.5, 0.6) is 0 Å². The SMILES string of the molecule is FC(F)(F)C(F)(c1ccc2c(c1)NCC1CCC[C@@H]21)C(F)(F)F. The zero-order valence-corrected chi connectivity index (χ0v) is 11.9. The molecule has 1 unspecified atom stereocenters. The predicted octanol–water partition coefficient (Wildman–Crippen LogP) is 5.29. The highest BCUT2D eigenvalue weighted by atomic mass is 19.4. The summed E-state index contributed by atoms with van der Waals surface area (Å²) in [4.78, 5) is 0. The van der Waals surface area contributed by atoms with Crippen molar-refractivity contribution in [1.29, 1.82) is 0 Å². The van der Waals surface area contributed by atoms with Gasteiger partial charge < -0.3 is 5.32 Å². The topological polar surface area (TPSA) is 12.0 Å². The summed E-state index contributed by atoms with van der Waals surface area (Å²) < 4.78 is 91.0. The Hall–Kier alpha value is -1.47. The lowest BCUT2D eigenvalue weighted by Gasteiger charge is -2.33. The van der Waals surface area contributed by atoms with Crippen molar-refractivity contribution in [3.8, 4) is 0 Å². The molecule has 0 bridgehead atoms. The molecule has 2 atom stereocenters. The molecule has 1 aliphatic heterocycles. The van der Waals surface area contributed by atoms with Crippen molar-refractivity contribution in [2.24, 2.45) is 5.92 Å². The number of benzene rings is 1. The molecule has 23 heavy (non-hydrogen) atoms. The van der Waals surface area contributed by atoms with E-state index >= 15 is 0 Å². The Balaban J connectivity index is 2.07. The zero-order valence-electron chi connectivity index (χ0n) is 11.9. The second kappa shape index (κ2) is 5.01. The number of hydrogen-bond donors (Lipinski definition) is 1. The highest BCUT2D eigenvalue weighted by molar-refractivity contribution is 5.58. The van der Waals surface area contributed by atoms with Gasteiger partial charge in [0, 0.05) is 17.8 Å². The van der Waals surface area contributed by atoms with Crippen LogP contribution in [0.3, 0.4) is 0 Å². The van der Waals surface area contributed by atoms with Crippen molar-refractivity contribution in [1.82, 2.24) is 0 Å². The molecule has 1 aliphatic carbocycles. The second-order valence-corrected chi connectivity index (χ2v) is 6.13. The molecule has 0 spiro atoms. The van der Waals surface area contributed by atoms with Crippen LogP contribution in [0.2, 0.25) is 0 Å². The van der Waals surface area contributed by atoms with Crippen molar-refractivity contribution in [2.75, 3.05) is 11.9 Å². The van der Waals surface area contributed by atoms with E-state index in [4.69, 9.17) is 0 Å². The van der Waals surface area contributed by atoms with Crippen molar-refractivity contribution in [3.63, 3.8) is 0 Å². The molecule has 128 valence electrons. The molecule has 1 fully saturated rings. The van der Waals surface area contributed by atoms with Crippen molar-refractivity contribution < 1.29 is 30.7 Å². The van der Waals surface area contributed by atoms with Gasteiger partial charge in [0.05, 0.1) is 0 Å². The van der Waals surface area contributed by atoms with E-state index in [1.54, 1.807) is 0 Å². The Kier molecular flexibility index (Phi) is 3.57. The van der Waals surface area contributed by atoms with Crippen LogP contribution in [-0.2, 0) is 5.67 Å². The zero-order chi connectivity index (χ0) is 17.0. The number of nitrogens with one attached hydrogen (secondary N) is 1. The minimum atomic E-state index is -6.08. The molecular weight excluding hydrogens is 327 g/mol. The molecule has 8 heteroatoms. The molecule has 3 rings (SSSR count). The minimum absolute atomic E-state index is 0.117. The van der Waals surface area contributed by atoms with E-state index < -0.39 is 23.6 Å². The number of anilines is 1. The van der Waals surface area contributed by atoms with Crippen LogP contribution in [-0.4, -0.2) is 18.9 Å². The average molecular weight is 341 g/mol. The number of fused-ring (bicyclic) bond motifs is 3. The van der Waals surface area contributed by atoms with Gasteiger partial charge in [-0.1, -0.05) is 18.6 Å². The van der Waals surface area contributed by atoms with Gasteiger partial charge in [0.1, 0.15) is 0 Å². The number of halogens is 7. The molecule has 0 amide bonds.